The van der Waals surface area contributed by atoms with Gasteiger partial charge in [0.15, 0.2) is 0 Å². The average molecular weight is 310 g/mol. The second-order valence-corrected chi connectivity index (χ2v) is 4.55. The Morgan fingerprint density at radius 1 is 1.19 bits per heavy atom. The number of ether oxygens (including phenoxy) is 2. The Labute approximate surface area is 126 Å². The summed E-state index contributed by atoms with van der Waals surface area (Å²) in [6.07, 6.45) is 0. The van der Waals surface area contributed by atoms with Gasteiger partial charge in [0.05, 0.1) is 10.6 Å². The molecular weight excluding hydrogens is 297 g/mol. The average Bonchev–Trinajstić information content (AvgIpc) is 2.45. The van der Waals surface area contributed by atoms with Gasteiger partial charge in [-0.25, -0.2) is 9.18 Å². The molecule has 0 heterocycles. The third kappa shape index (κ3) is 4.10. The quantitative estimate of drug-likeness (QED) is 0.523. The highest BCUT2D eigenvalue weighted by Crippen LogP contribution is 2.22. The van der Waals surface area contributed by atoms with E-state index in [-0.39, 0.29) is 24.5 Å². The van der Waals surface area contributed by atoms with Crippen molar-refractivity contribution in [3.63, 3.8) is 0 Å². The minimum Gasteiger partial charge on any atom is -0.488 e. The number of halogens is 2. The number of carbonyl (C=O) groups is 1. The van der Waals surface area contributed by atoms with Crippen LogP contribution >= 0.6 is 11.6 Å². The molecular formula is C15H13ClFNO3. The highest BCUT2D eigenvalue weighted by molar-refractivity contribution is 6.32. The highest BCUT2D eigenvalue weighted by atomic mass is 35.5. The molecule has 0 amide bonds. The van der Waals surface area contributed by atoms with Crippen LogP contribution in [0.4, 0.5) is 10.1 Å². The zero-order valence-electron chi connectivity index (χ0n) is 11.0. The minimum absolute atomic E-state index is 0.0286. The summed E-state index contributed by atoms with van der Waals surface area (Å²) in [4.78, 5) is 11.7. The molecule has 0 saturated carbocycles. The van der Waals surface area contributed by atoms with E-state index in [2.05, 4.69) is 0 Å². The Bertz CT molecular complexity index is 649. The molecule has 21 heavy (non-hydrogen) atoms. The summed E-state index contributed by atoms with van der Waals surface area (Å²) < 4.78 is 23.3. The van der Waals surface area contributed by atoms with Gasteiger partial charge in [-0.05, 0) is 30.3 Å². The van der Waals surface area contributed by atoms with Crippen molar-refractivity contribution in [3.8, 4) is 5.75 Å². The molecule has 0 aliphatic rings. The van der Waals surface area contributed by atoms with Gasteiger partial charge < -0.3 is 15.2 Å². The van der Waals surface area contributed by atoms with Gasteiger partial charge in [-0.15, -0.1) is 0 Å². The highest BCUT2D eigenvalue weighted by Gasteiger charge is 2.11. The molecule has 0 fully saturated rings. The van der Waals surface area contributed by atoms with Crippen molar-refractivity contribution >= 4 is 23.3 Å². The van der Waals surface area contributed by atoms with Gasteiger partial charge in [-0.1, -0.05) is 23.7 Å². The monoisotopic (exact) mass is 309 g/mol. The molecule has 0 saturated heterocycles. The predicted octanol–water partition coefficient (Wildman–Crippen LogP) is 3.30. The molecule has 2 aromatic carbocycles. The summed E-state index contributed by atoms with van der Waals surface area (Å²) in [6, 6.07) is 10.5. The second kappa shape index (κ2) is 6.95. The van der Waals surface area contributed by atoms with Crippen LogP contribution in [0.5, 0.6) is 5.75 Å². The van der Waals surface area contributed by atoms with Crippen molar-refractivity contribution in [2.75, 3.05) is 18.9 Å². The van der Waals surface area contributed by atoms with Gasteiger partial charge in [0.2, 0.25) is 0 Å². The van der Waals surface area contributed by atoms with E-state index >= 15 is 0 Å². The van der Waals surface area contributed by atoms with E-state index in [0.29, 0.717) is 10.8 Å². The number of para-hydroxylation sites is 1. The molecule has 0 spiro atoms. The van der Waals surface area contributed by atoms with Crippen molar-refractivity contribution in [2.24, 2.45) is 0 Å². The van der Waals surface area contributed by atoms with E-state index in [0.717, 1.165) is 12.1 Å². The fourth-order valence-corrected chi connectivity index (χ4v) is 1.84. The predicted molar refractivity (Wildman–Crippen MR) is 78.0 cm³/mol. The fourth-order valence-electron chi connectivity index (χ4n) is 1.65. The number of hydrogen-bond donors (Lipinski definition) is 1. The number of nitrogens with two attached hydrogens (primary N) is 1. The summed E-state index contributed by atoms with van der Waals surface area (Å²) in [5, 5.41) is 0.478. The molecule has 2 N–H and O–H groups in total. The van der Waals surface area contributed by atoms with Crippen molar-refractivity contribution in [2.45, 2.75) is 0 Å². The maximum atomic E-state index is 12.9. The van der Waals surface area contributed by atoms with E-state index in [4.69, 9.17) is 26.8 Å². The maximum absolute atomic E-state index is 12.9. The molecule has 2 aromatic rings. The first-order valence-corrected chi connectivity index (χ1v) is 6.55. The van der Waals surface area contributed by atoms with Crippen LogP contribution in [-0.4, -0.2) is 19.2 Å². The van der Waals surface area contributed by atoms with E-state index in [9.17, 15) is 9.18 Å². The largest absolute Gasteiger partial charge is 0.488 e. The lowest BCUT2D eigenvalue weighted by Crippen LogP contribution is -2.14. The summed E-state index contributed by atoms with van der Waals surface area (Å²) in [7, 11) is 0. The Kier molecular flexibility index (Phi) is 5.00. The Balaban J connectivity index is 1.83. The molecule has 0 aromatic heterocycles. The number of esters is 1. The van der Waals surface area contributed by atoms with Crippen molar-refractivity contribution in [3.05, 3.63) is 58.9 Å². The molecule has 0 atom stereocenters. The maximum Gasteiger partial charge on any atom is 0.340 e. The fraction of sp³-hybridized carbons (Fsp3) is 0.133. The number of carbonyl (C=O) groups excluding carboxylic acids is 1. The molecule has 0 radical (unpaired) electrons. The van der Waals surface area contributed by atoms with E-state index in [1.54, 1.807) is 24.3 Å². The lowest BCUT2D eigenvalue weighted by Gasteiger charge is -2.09. The molecule has 6 heteroatoms. The number of benzene rings is 2. The second-order valence-electron chi connectivity index (χ2n) is 4.15. The van der Waals surface area contributed by atoms with Gasteiger partial charge in [0, 0.05) is 5.69 Å². The van der Waals surface area contributed by atoms with Crippen LogP contribution < -0.4 is 10.5 Å². The number of anilines is 1. The third-order valence-electron chi connectivity index (χ3n) is 2.64. The van der Waals surface area contributed by atoms with Gasteiger partial charge in [-0.2, -0.15) is 0 Å². The van der Waals surface area contributed by atoms with E-state index in [1.807, 2.05) is 0 Å². The summed E-state index contributed by atoms with van der Waals surface area (Å²) in [5.74, 6) is -0.627. The Morgan fingerprint density at radius 2 is 1.95 bits per heavy atom. The topological polar surface area (TPSA) is 61.6 Å². The number of hydrogen-bond acceptors (Lipinski definition) is 4. The Morgan fingerprint density at radius 3 is 2.67 bits per heavy atom. The van der Waals surface area contributed by atoms with Crippen LogP contribution in [0.15, 0.2) is 42.5 Å². The lowest BCUT2D eigenvalue weighted by atomic mass is 10.2. The minimum atomic E-state index is -0.629. The van der Waals surface area contributed by atoms with E-state index in [1.165, 1.54) is 6.07 Å². The van der Waals surface area contributed by atoms with Crippen molar-refractivity contribution < 1.29 is 18.7 Å². The van der Waals surface area contributed by atoms with Crippen LogP contribution in [0.25, 0.3) is 0 Å². The number of rotatable bonds is 5. The van der Waals surface area contributed by atoms with Gasteiger partial charge in [-0.3, -0.25) is 0 Å². The molecule has 0 aliphatic carbocycles. The third-order valence-corrected chi connectivity index (χ3v) is 2.96. The first-order valence-electron chi connectivity index (χ1n) is 6.17. The molecule has 0 unspecified atom stereocenters. The summed E-state index contributed by atoms with van der Waals surface area (Å²) >= 11 is 5.91. The van der Waals surface area contributed by atoms with Crippen molar-refractivity contribution in [1.82, 2.24) is 0 Å². The number of nitrogen functional groups attached to an aromatic ring is 1. The van der Waals surface area contributed by atoms with Crippen LogP contribution in [0, 0.1) is 5.82 Å². The van der Waals surface area contributed by atoms with Crippen LogP contribution in [0.2, 0.25) is 5.02 Å². The van der Waals surface area contributed by atoms with Gasteiger partial charge in [0.25, 0.3) is 0 Å². The molecule has 0 bridgehead atoms. The summed E-state index contributed by atoms with van der Waals surface area (Å²) in [6.45, 7) is 0.178. The van der Waals surface area contributed by atoms with Gasteiger partial charge in [0.1, 0.15) is 24.8 Å². The first kappa shape index (κ1) is 15.1. The Hall–Kier alpha value is -2.27. The van der Waals surface area contributed by atoms with Crippen molar-refractivity contribution in [1.29, 1.82) is 0 Å². The zero-order valence-corrected chi connectivity index (χ0v) is 11.8. The molecule has 0 aliphatic heterocycles. The van der Waals surface area contributed by atoms with Crippen LogP contribution in [-0.2, 0) is 4.74 Å². The smallest absolute Gasteiger partial charge is 0.340 e. The normalized spacial score (nSPS) is 10.2. The zero-order chi connectivity index (χ0) is 15.2. The van der Waals surface area contributed by atoms with E-state index < -0.39 is 11.8 Å². The standard InChI is InChI=1S/C15H13ClFNO3/c16-12-3-1-2-4-14(12)20-7-8-21-15(19)11-6-5-10(17)9-13(11)18/h1-6,9H,7-8,18H2. The van der Waals surface area contributed by atoms with Gasteiger partial charge >= 0.3 is 5.97 Å². The summed E-state index contributed by atoms with van der Waals surface area (Å²) in [5.41, 5.74) is 5.70. The van der Waals surface area contributed by atoms with Crippen LogP contribution in [0.3, 0.4) is 0 Å². The first-order chi connectivity index (χ1) is 10.1. The van der Waals surface area contributed by atoms with Crippen LogP contribution in [0.1, 0.15) is 10.4 Å². The molecule has 2 rings (SSSR count). The lowest BCUT2D eigenvalue weighted by molar-refractivity contribution is 0.0451. The SMILES string of the molecule is Nc1cc(F)ccc1C(=O)OCCOc1ccccc1Cl. The molecule has 4 nitrogen and oxygen atoms in total. The molecule has 110 valence electrons.